The summed E-state index contributed by atoms with van der Waals surface area (Å²) in [7, 11) is 3.93. The highest BCUT2D eigenvalue weighted by Crippen LogP contribution is 2.13. The highest BCUT2D eigenvalue weighted by Gasteiger charge is 2.08. The molecule has 0 bridgehead atoms. The average Bonchev–Trinajstić information content (AvgIpc) is 2.56. The first-order valence-corrected chi connectivity index (χ1v) is 4.97. The van der Waals surface area contributed by atoms with Crippen molar-refractivity contribution in [2.45, 2.75) is 25.9 Å². The summed E-state index contributed by atoms with van der Waals surface area (Å²) in [6.45, 7) is 2.62. The maximum Gasteiger partial charge on any atom is 0.136 e. The molecule has 5 heteroatoms. The van der Waals surface area contributed by atoms with Gasteiger partial charge in [0.15, 0.2) is 0 Å². The van der Waals surface area contributed by atoms with Gasteiger partial charge < -0.3 is 15.4 Å². The second kappa shape index (κ2) is 4.93. The first kappa shape index (κ1) is 11.7. The third kappa shape index (κ3) is 3.06. The van der Waals surface area contributed by atoms with Gasteiger partial charge in [-0.15, -0.1) is 0 Å². The highest BCUT2D eigenvalue weighted by atomic mass is 16.1. The normalized spacial score (nSPS) is 12.5. The van der Waals surface area contributed by atoms with Gasteiger partial charge in [-0.2, -0.15) is 5.10 Å². The van der Waals surface area contributed by atoms with Crippen LogP contribution in [0.3, 0.4) is 0 Å². The lowest BCUT2D eigenvalue weighted by molar-refractivity contribution is -0.109. The van der Waals surface area contributed by atoms with E-state index in [2.05, 4.69) is 5.10 Å². The maximum atomic E-state index is 10.4. The summed E-state index contributed by atoms with van der Waals surface area (Å²) in [6.07, 6.45) is 1.39. The van der Waals surface area contributed by atoms with Crippen LogP contribution in [-0.4, -0.2) is 36.2 Å². The Kier molecular flexibility index (Phi) is 3.85. The third-order valence-electron chi connectivity index (χ3n) is 2.19. The smallest absolute Gasteiger partial charge is 0.136 e. The van der Waals surface area contributed by atoms with Crippen LogP contribution in [0.5, 0.6) is 0 Å². The molecule has 1 atom stereocenters. The van der Waals surface area contributed by atoms with Crippen molar-refractivity contribution in [1.82, 2.24) is 9.78 Å². The molecule has 5 nitrogen and oxygen atoms in total. The minimum absolute atomic E-state index is 0.399. The predicted molar refractivity (Wildman–Crippen MR) is 59.9 cm³/mol. The van der Waals surface area contributed by atoms with Crippen molar-refractivity contribution in [3.05, 3.63) is 11.8 Å². The van der Waals surface area contributed by atoms with Gasteiger partial charge in [-0.3, -0.25) is 0 Å². The molecule has 0 aliphatic heterocycles. The average molecular weight is 210 g/mol. The van der Waals surface area contributed by atoms with Crippen LogP contribution in [0.25, 0.3) is 0 Å². The van der Waals surface area contributed by atoms with Crippen molar-refractivity contribution in [2.24, 2.45) is 5.73 Å². The standard InChI is InChI=1S/C10H18N4O/c1-8-6-10(13(2)3)14(12-8)5-4-9(11)7-15/h6-7,9H,4-5,11H2,1-3H3. The van der Waals surface area contributed by atoms with Crippen LogP contribution < -0.4 is 10.6 Å². The van der Waals surface area contributed by atoms with E-state index in [9.17, 15) is 4.79 Å². The lowest BCUT2D eigenvalue weighted by atomic mass is 10.2. The first-order chi connectivity index (χ1) is 7.04. The molecule has 2 N–H and O–H groups in total. The van der Waals surface area contributed by atoms with Gasteiger partial charge in [0.2, 0.25) is 0 Å². The lowest BCUT2D eigenvalue weighted by Gasteiger charge is -2.14. The summed E-state index contributed by atoms with van der Waals surface area (Å²) < 4.78 is 1.87. The molecule has 0 aromatic carbocycles. The molecule has 0 saturated heterocycles. The van der Waals surface area contributed by atoms with Gasteiger partial charge in [-0.1, -0.05) is 0 Å². The van der Waals surface area contributed by atoms with Gasteiger partial charge in [-0.05, 0) is 13.3 Å². The number of anilines is 1. The molecule has 0 aliphatic rings. The van der Waals surface area contributed by atoms with E-state index in [1.54, 1.807) is 0 Å². The molecule has 1 rings (SSSR count). The molecule has 15 heavy (non-hydrogen) atoms. The molecule has 0 saturated carbocycles. The largest absolute Gasteiger partial charge is 0.363 e. The van der Waals surface area contributed by atoms with Crippen LogP contribution >= 0.6 is 0 Å². The Morgan fingerprint density at radius 1 is 1.67 bits per heavy atom. The summed E-state index contributed by atoms with van der Waals surface area (Å²) in [6, 6.07) is 1.61. The quantitative estimate of drug-likeness (QED) is 0.704. The van der Waals surface area contributed by atoms with Crippen LogP contribution in [0.4, 0.5) is 5.82 Å². The second-order valence-electron chi connectivity index (χ2n) is 3.85. The number of nitrogens with zero attached hydrogens (tertiary/aromatic N) is 3. The van der Waals surface area contributed by atoms with E-state index in [0.717, 1.165) is 17.8 Å². The van der Waals surface area contributed by atoms with Gasteiger partial charge in [0, 0.05) is 26.7 Å². The Balaban J connectivity index is 2.71. The molecule has 1 heterocycles. The fourth-order valence-corrected chi connectivity index (χ4v) is 1.40. The number of carbonyl (C=O) groups is 1. The van der Waals surface area contributed by atoms with E-state index in [4.69, 9.17) is 5.73 Å². The first-order valence-electron chi connectivity index (χ1n) is 4.97. The summed E-state index contributed by atoms with van der Waals surface area (Å²) in [5, 5.41) is 4.34. The van der Waals surface area contributed by atoms with Gasteiger partial charge in [-0.25, -0.2) is 4.68 Å². The van der Waals surface area contributed by atoms with E-state index in [1.807, 2.05) is 36.7 Å². The summed E-state index contributed by atoms with van der Waals surface area (Å²) in [5.74, 6) is 1.03. The van der Waals surface area contributed by atoms with Crippen molar-refractivity contribution >= 4 is 12.1 Å². The van der Waals surface area contributed by atoms with Crippen LogP contribution in [0, 0.1) is 6.92 Å². The zero-order valence-electron chi connectivity index (χ0n) is 9.47. The molecule has 0 aliphatic carbocycles. The van der Waals surface area contributed by atoms with Gasteiger partial charge in [0.25, 0.3) is 0 Å². The van der Waals surface area contributed by atoms with Crippen LogP contribution in [0.2, 0.25) is 0 Å². The lowest BCUT2D eigenvalue weighted by Crippen LogP contribution is -2.24. The number of hydrogen-bond donors (Lipinski definition) is 1. The third-order valence-corrected chi connectivity index (χ3v) is 2.19. The summed E-state index contributed by atoms with van der Waals surface area (Å²) in [4.78, 5) is 12.4. The Morgan fingerprint density at radius 2 is 2.33 bits per heavy atom. The molecular weight excluding hydrogens is 192 g/mol. The highest BCUT2D eigenvalue weighted by molar-refractivity contribution is 5.56. The van der Waals surface area contributed by atoms with Crippen molar-refractivity contribution in [1.29, 1.82) is 0 Å². The Bertz CT molecular complexity index is 332. The van der Waals surface area contributed by atoms with E-state index >= 15 is 0 Å². The van der Waals surface area contributed by atoms with E-state index in [0.29, 0.717) is 13.0 Å². The fraction of sp³-hybridized carbons (Fsp3) is 0.600. The second-order valence-corrected chi connectivity index (χ2v) is 3.85. The van der Waals surface area contributed by atoms with Crippen LogP contribution in [0.1, 0.15) is 12.1 Å². The number of nitrogens with two attached hydrogens (primary N) is 1. The molecule has 1 aromatic rings. The van der Waals surface area contributed by atoms with Crippen molar-refractivity contribution in [3.8, 4) is 0 Å². The number of carbonyl (C=O) groups excluding carboxylic acids is 1. The minimum Gasteiger partial charge on any atom is -0.363 e. The molecule has 0 fully saturated rings. The number of aldehydes is 1. The maximum absolute atomic E-state index is 10.4. The minimum atomic E-state index is -0.399. The van der Waals surface area contributed by atoms with Gasteiger partial charge in [0.1, 0.15) is 12.1 Å². The van der Waals surface area contributed by atoms with Crippen LogP contribution in [-0.2, 0) is 11.3 Å². The van der Waals surface area contributed by atoms with Crippen molar-refractivity contribution in [2.75, 3.05) is 19.0 Å². The molecule has 0 spiro atoms. The van der Waals surface area contributed by atoms with E-state index < -0.39 is 6.04 Å². The van der Waals surface area contributed by atoms with E-state index in [1.165, 1.54) is 0 Å². The zero-order chi connectivity index (χ0) is 11.4. The molecule has 0 radical (unpaired) electrons. The molecule has 84 valence electrons. The number of aryl methyl sites for hydroxylation is 2. The van der Waals surface area contributed by atoms with Crippen LogP contribution in [0.15, 0.2) is 6.07 Å². The zero-order valence-corrected chi connectivity index (χ0v) is 9.47. The monoisotopic (exact) mass is 210 g/mol. The molecule has 1 unspecified atom stereocenters. The summed E-state index contributed by atoms with van der Waals surface area (Å²) in [5.41, 5.74) is 6.50. The Hall–Kier alpha value is -1.36. The number of rotatable bonds is 5. The number of aromatic nitrogens is 2. The topological polar surface area (TPSA) is 64.2 Å². The molecular formula is C10H18N4O. The summed E-state index contributed by atoms with van der Waals surface area (Å²) >= 11 is 0. The fourth-order valence-electron chi connectivity index (χ4n) is 1.40. The Labute approximate surface area is 89.9 Å². The molecule has 1 aromatic heterocycles. The van der Waals surface area contributed by atoms with Gasteiger partial charge >= 0.3 is 0 Å². The number of hydrogen-bond acceptors (Lipinski definition) is 4. The SMILES string of the molecule is Cc1cc(N(C)C)n(CCC(N)C=O)n1. The van der Waals surface area contributed by atoms with Crippen molar-refractivity contribution < 1.29 is 4.79 Å². The van der Waals surface area contributed by atoms with E-state index in [-0.39, 0.29) is 0 Å². The van der Waals surface area contributed by atoms with Gasteiger partial charge in [0.05, 0.1) is 11.7 Å². The predicted octanol–water partition coefficient (Wildman–Crippen LogP) is 0.174. The molecule has 0 amide bonds. The van der Waals surface area contributed by atoms with Crippen molar-refractivity contribution in [3.63, 3.8) is 0 Å². The Morgan fingerprint density at radius 3 is 2.87 bits per heavy atom.